The van der Waals surface area contributed by atoms with E-state index in [9.17, 15) is 9.59 Å². The van der Waals surface area contributed by atoms with Crippen molar-refractivity contribution in [2.45, 2.75) is 26.8 Å². The van der Waals surface area contributed by atoms with Gasteiger partial charge in [0.25, 0.3) is 5.91 Å². The van der Waals surface area contributed by atoms with Crippen LogP contribution in [0.4, 0.5) is 11.4 Å². The van der Waals surface area contributed by atoms with E-state index >= 15 is 0 Å². The molecule has 0 aromatic heterocycles. The molecule has 3 rings (SSSR count). The van der Waals surface area contributed by atoms with Gasteiger partial charge in [-0.2, -0.15) is 0 Å². The smallest absolute Gasteiger partial charge is 0.251 e. The van der Waals surface area contributed by atoms with E-state index in [4.69, 9.17) is 4.74 Å². The predicted molar refractivity (Wildman–Crippen MR) is 129 cm³/mol. The first kappa shape index (κ1) is 23.6. The molecule has 0 bridgehead atoms. The van der Waals surface area contributed by atoms with Crippen molar-refractivity contribution < 1.29 is 14.3 Å². The van der Waals surface area contributed by atoms with Crippen molar-refractivity contribution in [2.24, 2.45) is 5.92 Å². The molecule has 0 spiro atoms. The van der Waals surface area contributed by atoms with Gasteiger partial charge in [0, 0.05) is 43.1 Å². The number of hydrogen-bond acceptors (Lipinski definition) is 5. The summed E-state index contributed by atoms with van der Waals surface area (Å²) in [5.41, 5.74) is 3.41. The fourth-order valence-corrected chi connectivity index (χ4v) is 3.76. The van der Waals surface area contributed by atoms with Crippen LogP contribution in [0.25, 0.3) is 0 Å². The molecule has 0 radical (unpaired) electrons. The maximum Gasteiger partial charge on any atom is 0.251 e. The Bertz CT molecular complexity index is 935. The average Bonchev–Trinajstić information content (AvgIpc) is 2.79. The van der Waals surface area contributed by atoms with E-state index in [1.165, 1.54) is 5.69 Å². The summed E-state index contributed by atoms with van der Waals surface area (Å²) >= 11 is 0. The number of nitrogens with zero attached hydrogens (tertiary/aromatic N) is 2. The zero-order valence-corrected chi connectivity index (χ0v) is 19.6. The van der Waals surface area contributed by atoms with E-state index in [2.05, 4.69) is 33.5 Å². The van der Waals surface area contributed by atoms with Gasteiger partial charge in [0.1, 0.15) is 11.8 Å². The fourth-order valence-electron chi connectivity index (χ4n) is 3.76. The molecule has 0 aliphatic carbocycles. The molecule has 1 saturated heterocycles. The lowest BCUT2D eigenvalue weighted by atomic mass is 10.0. The normalized spacial score (nSPS) is 15.4. The molecule has 32 heavy (non-hydrogen) atoms. The second kappa shape index (κ2) is 10.5. The highest BCUT2D eigenvalue weighted by molar-refractivity contribution is 6.01. The Morgan fingerprint density at radius 3 is 2.22 bits per heavy atom. The number of piperazine rings is 1. The molecule has 0 saturated carbocycles. The molecule has 2 aromatic carbocycles. The number of likely N-dealkylation sites (N-methyl/N-ethyl adjacent to an activating group) is 1. The van der Waals surface area contributed by atoms with Gasteiger partial charge in [0.05, 0.1) is 7.11 Å². The van der Waals surface area contributed by atoms with Crippen molar-refractivity contribution in [3.63, 3.8) is 0 Å². The van der Waals surface area contributed by atoms with Crippen molar-refractivity contribution in [1.29, 1.82) is 0 Å². The molecule has 7 nitrogen and oxygen atoms in total. The Morgan fingerprint density at radius 1 is 1.00 bits per heavy atom. The molecule has 2 amide bonds. The molecule has 1 aliphatic heterocycles. The Morgan fingerprint density at radius 2 is 1.66 bits per heavy atom. The van der Waals surface area contributed by atoms with Crippen LogP contribution in [-0.2, 0) is 4.79 Å². The highest BCUT2D eigenvalue weighted by Crippen LogP contribution is 2.24. The third-order valence-corrected chi connectivity index (χ3v) is 5.92. The lowest BCUT2D eigenvalue weighted by molar-refractivity contribution is -0.118. The van der Waals surface area contributed by atoms with E-state index in [1.54, 1.807) is 31.4 Å². The number of rotatable bonds is 7. The van der Waals surface area contributed by atoms with Gasteiger partial charge in [-0.05, 0) is 67.9 Å². The number of anilines is 2. The minimum atomic E-state index is -0.652. The molecular weight excluding hydrogens is 404 g/mol. The maximum absolute atomic E-state index is 13.0. The van der Waals surface area contributed by atoms with Gasteiger partial charge in [-0.3, -0.25) is 9.59 Å². The highest BCUT2D eigenvalue weighted by Gasteiger charge is 2.25. The predicted octanol–water partition coefficient (Wildman–Crippen LogP) is 3.15. The largest absolute Gasteiger partial charge is 0.497 e. The summed E-state index contributed by atoms with van der Waals surface area (Å²) in [6, 6.07) is 12.3. The number of hydrogen-bond donors (Lipinski definition) is 2. The number of nitrogens with one attached hydrogen (secondary N) is 2. The molecule has 1 aliphatic rings. The lowest BCUT2D eigenvalue weighted by Gasteiger charge is -2.34. The van der Waals surface area contributed by atoms with Crippen molar-refractivity contribution in [3.8, 4) is 5.75 Å². The van der Waals surface area contributed by atoms with E-state index < -0.39 is 6.04 Å². The first-order valence-electron chi connectivity index (χ1n) is 11.1. The van der Waals surface area contributed by atoms with Crippen LogP contribution in [0.15, 0.2) is 42.5 Å². The monoisotopic (exact) mass is 438 g/mol. The molecule has 2 aromatic rings. The number of amides is 2. The number of benzene rings is 2. The highest BCUT2D eigenvalue weighted by atomic mass is 16.5. The van der Waals surface area contributed by atoms with Crippen LogP contribution in [0, 0.1) is 12.8 Å². The first-order valence-corrected chi connectivity index (χ1v) is 11.1. The second-order valence-electron chi connectivity index (χ2n) is 8.70. The van der Waals surface area contributed by atoms with Crippen LogP contribution in [0.5, 0.6) is 5.75 Å². The lowest BCUT2D eigenvalue weighted by Crippen LogP contribution is -2.47. The molecule has 1 fully saturated rings. The van der Waals surface area contributed by atoms with Crippen molar-refractivity contribution in [2.75, 3.05) is 50.6 Å². The number of aryl methyl sites for hydroxylation is 1. The van der Waals surface area contributed by atoms with Crippen LogP contribution in [0.2, 0.25) is 0 Å². The van der Waals surface area contributed by atoms with Gasteiger partial charge in [-0.1, -0.05) is 13.8 Å². The van der Waals surface area contributed by atoms with E-state index in [0.29, 0.717) is 11.3 Å². The van der Waals surface area contributed by atoms with Gasteiger partial charge in [-0.15, -0.1) is 0 Å². The minimum Gasteiger partial charge on any atom is -0.497 e. The molecule has 1 atom stereocenters. The number of carbonyl (C=O) groups is 2. The Labute approximate surface area is 190 Å². The van der Waals surface area contributed by atoms with Crippen molar-refractivity contribution in [1.82, 2.24) is 10.2 Å². The Hall–Kier alpha value is -3.06. The minimum absolute atomic E-state index is 0.0675. The van der Waals surface area contributed by atoms with Gasteiger partial charge in [0.15, 0.2) is 0 Å². The number of ether oxygens (including phenoxy) is 1. The van der Waals surface area contributed by atoms with Crippen molar-refractivity contribution >= 4 is 23.2 Å². The average molecular weight is 439 g/mol. The van der Waals surface area contributed by atoms with Crippen LogP contribution >= 0.6 is 0 Å². The summed E-state index contributed by atoms with van der Waals surface area (Å²) in [4.78, 5) is 30.4. The van der Waals surface area contributed by atoms with E-state index in [0.717, 1.165) is 37.4 Å². The molecule has 7 heteroatoms. The topological polar surface area (TPSA) is 73.9 Å². The first-order chi connectivity index (χ1) is 15.3. The molecular formula is C25H34N4O3. The van der Waals surface area contributed by atoms with Gasteiger partial charge < -0.3 is 25.2 Å². The van der Waals surface area contributed by atoms with Crippen LogP contribution < -0.4 is 20.3 Å². The summed E-state index contributed by atoms with van der Waals surface area (Å²) < 4.78 is 5.13. The standard InChI is InChI=1S/C25H34N4O3/c1-17(2)23(27-24(30)19-6-9-21(32-5)10-7-19)25(31)26-22-11-8-20(16-18(22)3)29-14-12-28(4)13-15-29/h6-11,16-17,23H,12-15H2,1-5H3,(H,26,31)(H,27,30)/t23-/m0/s1. The zero-order valence-electron chi connectivity index (χ0n) is 19.6. The summed E-state index contributed by atoms with van der Waals surface area (Å²) in [5, 5.41) is 5.88. The Kier molecular flexibility index (Phi) is 7.75. The zero-order chi connectivity index (χ0) is 23.3. The summed E-state index contributed by atoms with van der Waals surface area (Å²) in [7, 11) is 3.72. The van der Waals surface area contributed by atoms with E-state index in [1.807, 2.05) is 32.9 Å². The van der Waals surface area contributed by atoms with Gasteiger partial charge >= 0.3 is 0 Å². The number of methoxy groups -OCH3 is 1. The van der Waals surface area contributed by atoms with Crippen LogP contribution in [0.1, 0.15) is 29.8 Å². The molecule has 0 unspecified atom stereocenters. The third kappa shape index (κ3) is 5.79. The summed E-state index contributed by atoms with van der Waals surface area (Å²) in [6.07, 6.45) is 0. The van der Waals surface area contributed by atoms with Crippen LogP contribution in [-0.4, -0.2) is 63.1 Å². The summed E-state index contributed by atoms with van der Waals surface area (Å²) in [6.45, 7) is 9.91. The maximum atomic E-state index is 13.0. The second-order valence-corrected chi connectivity index (χ2v) is 8.70. The Balaban J connectivity index is 1.66. The molecule has 2 N–H and O–H groups in total. The van der Waals surface area contributed by atoms with Gasteiger partial charge in [-0.25, -0.2) is 0 Å². The van der Waals surface area contributed by atoms with Gasteiger partial charge in [0.2, 0.25) is 5.91 Å². The summed E-state index contributed by atoms with van der Waals surface area (Å²) in [5.74, 6) is 0.0956. The number of carbonyl (C=O) groups excluding carboxylic acids is 2. The van der Waals surface area contributed by atoms with Crippen molar-refractivity contribution in [3.05, 3.63) is 53.6 Å². The molecule has 172 valence electrons. The van der Waals surface area contributed by atoms with Crippen LogP contribution in [0.3, 0.4) is 0 Å². The van der Waals surface area contributed by atoms with E-state index in [-0.39, 0.29) is 17.7 Å². The third-order valence-electron chi connectivity index (χ3n) is 5.92. The fraction of sp³-hybridized carbons (Fsp3) is 0.440. The SMILES string of the molecule is COc1ccc(C(=O)N[C@H](C(=O)Nc2ccc(N3CCN(C)CC3)cc2C)C(C)C)cc1. The quantitative estimate of drug-likeness (QED) is 0.695. The molecule has 1 heterocycles.